The van der Waals surface area contributed by atoms with Gasteiger partial charge in [0, 0.05) is 13.5 Å². The van der Waals surface area contributed by atoms with Gasteiger partial charge in [-0.05, 0) is 6.42 Å². The number of unbranched alkanes of at least 4 members (excludes halogenated alkanes) is 5. The van der Waals surface area contributed by atoms with E-state index in [0.717, 1.165) is 39.0 Å². The summed E-state index contributed by atoms with van der Waals surface area (Å²) in [5, 5.41) is 120. The highest BCUT2D eigenvalue weighted by Crippen LogP contribution is 2.32. The predicted molar refractivity (Wildman–Crippen MR) is 195 cm³/mol. The lowest BCUT2D eigenvalue weighted by atomic mass is 9.95. The molecule has 20 atom stereocenters. The molecule has 362 valence electrons. The Morgan fingerprint density at radius 2 is 1.02 bits per heavy atom. The fourth-order valence-corrected chi connectivity index (χ4v) is 7.33. The van der Waals surface area contributed by atoms with E-state index >= 15 is 0 Å². The minimum atomic E-state index is -5.47. The SMILES string of the molecule is CCCCCCCCO[C@@H]1O[C@H](CO[C@H]2O[C@H](CO[C@@H]3O[C@H](CO)[C@@H](O)[C@H](O)[C@H]3NC(=O)C(F)(F)F)[C@@H](O)[C@H](O)[C@@H]2O[C@@H]2O[C@H](CO)[C@@H](O)[C@H](O)[C@H]2NC(C)=O)[C@@H](O)[C@H](O)[C@H]1O. The van der Waals surface area contributed by atoms with Crippen molar-refractivity contribution in [3.05, 3.63) is 0 Å². The molecular formula is C36H61F3N2O21. The van der Waals surface area contributed by atoms with Gasteiger partial charge in [-0.25, -0.2) is 0 Å². The first-order chi connectivity index (χ1) is 29.2. The van der Waals surface area contributed by atoms with Crippen LogP contribution in [-0.4, -0.2) is 230 Å². The summed E-state index contributed by atoms with van der Waals surface area (Å²) < 4.78 is 85.0. The Hall–Kier alpha value is -2.03. The number of hydrogen-bond acceptors (Lipinski definition) is 21. The van der Waals surface area contributed by atoms with Gasteiger partial charge in [0.25, 0.3) is 0 Å². The number of alkyl halides is 3. The summed E-state index contributed by atoms with van der Waals surface area (Å²) in [7, 11) is 0. The van der Waals surface area contributed by atoms with Gasteiger partial charge in [0.2, 0.25) is 5.91 Å². The van der Waals surface area contributed by atoms with E-state index in [2.05, 4.69) is 12.2 Å². The van der Waals surface area contributed by atoms with E-state index in [0.29, 0.717) is 6.42 Å². The molecule has 4 fully saturated rings. The second kappa shape index (κ2) is 23.9. The lowest BCUT2D eigenvalue weighted by Gasteiger charge is -2.48. The van der Waals surface area contributed by atoms with Crippen LogP contribution in [0.15, 0.2) is 0 Å². The van der Waals surface area contributed by atoms with Gasteiger partial charge in [-0.3, -0.25) is 9.59 Å². The maximum atomic E-state index is 13.2. The van der Waals surface area contributed by atoms with Crippen molar-refractivity contribution in [2.45, 2.75) is 181 Å². The Labute approximate surface area is 353 Å². The number of rotatable bonds is 20. The van der Waals surface area contributed by atoms with Gasteiger partial charge < -0.3 is 105 Å². The molecule has 0 aromatic carbocycles. The number of carbonyl (C=O) groups excluding carboxylic acids is 2. The van der Waals surface area contributed by atoms with E-state index in [1.807, 2.05) is 0 Å². The molecular weight excluding hydrogens is 853 g/mol. The van der Waals surface area contributed by atoms with Crippen molar-refractivity contribution in [2.24, 2.45) is 0 Å². The van der Waals surface area contributed by atoms with Gasteiger partial charge in [0.1, 0.15) is 97.5 Å². The van der Waals surface area contributed by atoms with Crippen LogP contribution in [0.25, 0.3) is 0 Å². The third-order valence-corrected chi connectivity index (χ3v) is 10.9. The van der Waals surface area contributed by atoms with E-state index in [1.54, 1.807) is 0 Å². The molecule has 4 aliphatic heterocycles. The van der Waals surface area contributed by atoms with Crippen LogP contribution in [0.5, 0.6) is 0 Å². The van der Waals surface area contributed by atoms with E-state index in [4.69, 9.17) is 37.9 Å². The fourth-order valence-electron chi connectivity index (χ4n) is 7.33. The lowest BCUT2D eigenvalue weighted by Crippen LogP contribution is -2.68. The molecule has 62 heavy (non-hydrogen) atoms. The number of aliphatic hydroxyl groups is 11. The first-order valence-electron chi connectivity index (χ1n) is 20.4. The number of nitrogens with one attached hydrogen (secondary N) is 2. The molecule has 0 radical (unpaired) electrons. The molecule has 0 aliphatic carbocycles. The number of ether oxygens (including phenoxy) is 8. The van der Waals surface area contributed by atoms with Gasteiger partial charge >= 0.3 is 12.1 Å². The standard InChI is InChI=1S/C36H61F3N2O21/c1-3-4-5-6-7-8-9-55-33-29(53)27(51)23(47)17(60-33)13-57-34-30(62-32-20(40-14(2)44)26(50)22(46)16(11-43)59-32)28(52)24(48)18(61-34)12-56-31-19(41-35(54)36(37,38)39)25(49)21(45)15(10-42)58-31/h15-34,42-43,45-53H,3-13H2,1-2H3,(H,40,44)(H,41,54)/t15-,16-,17-,18-,19-,20-,21-,22-,23-,24-,25-,26-,27+,28+,29-,30+,31-,32+,33-,34+/m1/s1. The first kappa shape index (κ1) is 52.6. The molecule has 0 spiro atoms. The highest BCUT2D eigenvalue weighted by atomic mass is 19.4. The van der Waals surface area contributed by atoms with Crippen molar-refractivity contribution >= 4 is 11.8 Å². The third-order valence-electron chi connectivity index (χ3n) is 10.9. The van der Waals surface area contributed by atoms with Crippen LogP contribution in [-0.2, 0) is 47.5 Å². The van der Waals surface area contributed by atoms with E-state index in [9.17, 15) is 78.9 Å². The second-order valence-electron chi connectivity index (χ2n) is 15.6. The summed E-state index contributed by atoms with van der Waals surface area (Å²) in [4.78, 5) is 23.9. The van der Waals surface area contributed by atoms with Crippen LogP contribution in [0.2, 0.25) is 0 Å². The van der Waals surface area contributed by atoms with Crippen molar-refractivity contribution in [3.63, 3.8) is 0 Å². The van der Waals surface area contributed by atoms with Crippen LogP contribution in [0.4, 0.5) is 13.2 Å². The van der Waals surface area contributed by atoms with Crippen molar-refractivity contribution in [2.75, 3.05) is 33.0 Å². The highest BCUT2D eigenvalue weighted by molar-refractivity contribution is 5.82. The average Bonchev–Trinajstić information content (AvgIpc) is 3.22. The molecule has 0 aromatic rings. The number of amides is 2. The highest BCUT2D eigenvalue weighted by Gasteiger charge is 2.54. The predicted octanol–water partition coefficient (Wildman–Crippen LogP) is -5.53. The Balaban J connectivity index is 1.57. The van der Waals surface area contributed by atoms with E-state index in [-0.39, 0.29) is 6.61 Å². The summed E-state index contributed by atoms with van der Waals surface area (Å²) in [5.41, 5.74) is 0. The molecule has 0 bridgehead atoms. The van der Waals surface area contributed by atoms with Crippen molar-refractivity contribution < 1.29 is 117 Å². The largest absolute Gasteiger partial charge is 0.471 e. The quantitative estimate of drug-likeness (QED) is 0.0507. The molecule has 0 unspecified atom stereocenters. The normalized spacial score (nSPS) is 41.7. The van der Waals surface area contributed by atoms with Crippen LogP contribution >= 0.6 is 0 Å². The minimum Gasteiger partial charge on any atom is -0.394 e. The van der Waals surface area contributed by atoms with Crippen molar-refractivity contribution in [3.8, 4) is 0 Å². The molecule has 4 saturated heterocycles. The summed E-state index contributed by atoms with van der Waals surface area (Å²) in [6, 6.07) is -3.72. The van der Waals surface area contributed by atoms with Gasteiger partial charge in [-0.15, -0.1) is 0 Å². The van der Waals surface area contributed by atoms with Crippen molar-refractivity contribution in [1.29, 1.82) is 0 Å². The number of carbonyl (C=O) groups is 2. The molecule has 4 heterocycles. The summed E-state index contributed by atoms with van der Waals surface area (Å²) >= 11 is 0. The number of aliphatic hydroxyl groups excluding tert-OH is 11. The molecule has 0 aromatic heterocycles. The molecule has 4 rings (SSSR count). The first-order valence-corrected chi connectivity index (χ1v) is 20.4. The minimum absolute atomic E-state index is 0.115. The van der Waals surface area contributed by atoms with Gasteiger partial charge in [-0.1, -0.05) is 39.0 Å². The van der Waals surface area contributed by atoms with Gasteiger partial charge in [0.05, 0.1) is 26.4 Å². The zero-order chi connectivity index (χ0) is 46.1. The van der Waals surface area contributed by atoms with Gasteiger partial charge in [0.15, 0.2) is 25.2 Å². The maximum absolute atomic E-state index is 13.2. The van der Waals surface area contributed by atoms with Crippen molar-refractivity contribution in [1.82, 2.24) is 10.6 Å². The molecule has 4 aliphatic rings. The molecule has 0 saturated carbocycles. The van der Waals surface area contributed by atoms with Crippen LogP contribution in [0.1, 0.15) is 52.4 Å². The zero-order valence-corrected chi connectivity index (χ0v) is 34.0. The van der Waals surface area contributed by atoms with Crippen LogP contribution < -0.4 is 10.6 Å². The Morgan fingerprint density at radius 1 is 0.548 bits per heavy atom. The Bertz CT molecular complexity index is 1380. The number of hydrogen-bond donors (Lipinski definition) is 13. The molecule has 23 nitrogen and oxygen atoms in total. The topological polar surface area (TPSA) is 355 Å². The smallest absolute Gasteiger partial charge is 0.394 e. The number of halogens is 3. The summed E-state index contributed by atoms with van der Waals surface area (Å²) in [5.74, 6) is -3.31. The van der Waals surface area contributed by atoms with Crippen LogP contribution in [0, 0.1) is 0 Å². The summed E-state index contributed by atoms with van der Waals surface area (Å²) in [6.07, 6.45) is -33.0. The Kier molecular flexibility index (Phi) is 20.3. The molecule has 13 N–H and O–H groups in total. The zero-order valence-electron chi connectivity index (χ0n) is 34.0. The molecule has 2 amide bonds. The maximum Gasteiger partial charge on any atom is 0.471 e. The Morgan fingerprint density at radius 3 is 1.56 bits per heavy atom. The fraction of sp³-hybridized carbons (Fsp3) is 0.944. The summed E-state index contributed by atoms with van der Waals surface area (Å²) in [6.45, 7) is -0.318. The monoisotopic (exact) mass is 914 g/mol. The van der Waals surface area contributed by atoms with Gasteiger partial charge in [-0.2, -0.15) is 13.2 Å². The average molecular weight is 915 g/mol. The van der Waals surface area contributed by atoms with E-state index in [1.165, 1.54) is 5.32 Å². The lowest BCUT2D eigenvalue weighted by molar-refractivity contribution is -0.367. The van der Waals surface area contributed by atoms with Crippen LogP contribution in [0.3, 0.4) is 0 Å². The molecule has 26 heteroatoms. The third kappa shape index (κ3) is 13.3. The second-order valence-corrected chi connectivity index (χ2v) is 15.6. The van der Waals surface area contributed by atoms with E-state index < -0.39 is 167 Å².